The van der Waals surface area contributed by atoms with Crippen molar-refractivity contribution < 1.29 is 9.53 Å². The number of aromatic amines is 1. The molecule has 0 radical (unpaired) electrons. The maximum Gasteiger partial charge on any atom is 0.328 e. The summed E-state index contributed by atoms with van der Waals surface area (Å²) in [7, 11) is 1.37. The summed E-state index contributed by atoms with van der Waals surface area (Å²) >= 11 is 0. The number of aromatic nitrogens is 4. The Kier molecular flexibility index (Phi) is 3.40. The van der Waals surface area contributed by atoms with E-state index in [1.54, 1.807) is 0 Å². The topological polar surface area (TPSA) is 92.8 Å². The molecule has 2 aromatic rings. The van der Waals surface area contributed by atoms with Crippen molar-refractivity contribution in [2.75, 3.05) is 12.4 Å². The number of nitrogens with one attached hydrogen (secondary N) is 2. The Balaban J connectivity index is 2.31. The average molecular weight is 249 g/mol. The minimum absolute atomic E-state index is 0.0744. The predicted octanol–water partition coefficient (Wildman–Crippen LogP) is 0.962. The molecule has 0 bridgehead atoms. The van der Waals surface area contributed by atoms with E-state index in [1.807, 2.05) is 13.8 Å². The Morgan fingerprint density at radius 1 is 1.39 bits per heavy atom. The average Bonchev–Trinajstić information content (AvgIpc) is 2.83. The normalized spacial score (nSPS) is 12.7. The van der Waals surface area contributed by atoms with E-state index in [4.69, 9.17) is 4.74 Å². The molecule has 0 saturated heterocycles. The zero-order valence-electron chi connectivity index (χ0n) is 10.5. The maximum atomic E-state index is 11.7. The summed E-state index contributed by atoms with van der Waals surface area (Å²) in [6, 6.07) is -0.462. The Bertz CT molecular complexity index is 551. The van der Waals surface area contributed by atoms with Gasteiger partial charge in [-0.15, -0.1) is 0 Å². The highest BCUT2D eigenvalue weighted by molar-refractivity contribution is 5.86. The lowest BCUT2D eigenvalue weighted by molar-refractivity contribution is -0.142. The highest BCUT2D eigenvalue weighted by Gasteiger charge is 2.24. The lowest BCUT2D eigenvalue weighted by Gasteiger charge is -2.20. The molecule has 2 aromatic heterocycles. The van der Waals surface area contributed by atoms with Crippen LogP contribution in [0.4, 0.5) is 5.82 Å². The van der Waals surface area contributed by atoms with Crippen LogP contribution in [-0.2, 0) is 9.53 Å². The number of H-pyrrole nitrogens is 1. The van der Waals surface area contributed by atoms with Crippen molar-refractivity contribution in [1.82, 2.24) is 19.9 Å². The zero-order valence-corrected chi connectivity index (χ0v) is 10.5. The second-order valence-electron chi connectivity index (χ2n) is 4.21. The van der Waals surface area contributed by atoms with Crippen molar-refractivity contribution in [1.29, 1.82) is 0 Å². The molecular weight excluding hydrogens is 234 g/mol. The van der Waals surface area contributed by atoms with E-state index in [0.29, 0.717) is 17.0 Å². The first-order chi connectivity index (χ1) is 8.63. The summed E-state index contributed by atoms with van der Waals surface area (Å²) < 4.78 is 4.77. The molecule has 96 valence electrons. The zero-order chi connectivity index (χ0) is 13.1. The van der Waals surface area contributed by atoms with Crippen LogP contribution in [0, 0.1) is 5.92 Å². The third-order valence-electron chi connectivity index (χ3n) is 2.64. The van der Waals surface area contributed by atoms with Gasteiger partial charge < -0.3 is 15.0 Å². The van der Waals surface area contributed by atoms with Crippen molar-refractivity contribution in [3.05, 3.63) is 12.7 Å². The maximum absolute atomic E-state index is 11.7. The van der Waals surface area contributed by atoms with Crippen LogP contribution in [0.5, 0.6) is 0 Å². The lowest BCUT2D eigenvalue weighted by atomic mass is 10.0. The number of carbonyl (C=O) groups is 1. The van der Waals surface area contributed by atoms with E-state index in [9.17, 15) is 4.79 Å². The van der Waals surface area contributed by atoms with Gasteiger partial charge >= 0.3 is 5.97 Å². The van der Waals surface area contributed by atoms with E-state index in [0.717, 1.165) is 0 Å². The molecule has 0 unspecified atom stereocenters. The van der Waals surface area contributed by atoms with Gasteiger partial charge in [-0.1, -0.05) is 13.8 Å². The Morgan fingerprint density at radius 3 is 2.83 bits per heavy atom. The lowest BCUT2D eigenvalue weighted by Crippen LogP contribution is -2.35. The number of imidazole rings is 1. The number of hydrogen-bond donors (Lipinski definition) is 2. The van der Waals surface area contributed by atoms with Crippen molar-refractivity contribution in [2.45, 2.75) is 19.9 Å². The number of anilines is 1. The van der Waals surface area contributed by atoms with Crippen molar-refractivity contribution in [2.24, 2.45) is 5.92 Å². The van der Waals surface area contributed by atoms with Crippen molar-refractivity contribution >= 4 is 23.0 Å². The standard InChI is InChI=1S/C11H15N5O2/c1-6(2)7(11(17)18-3)16-10-8-9(13-4-12-8)14-5-15-10/h4-7H,1-3H3,(H2,12,13,14,15,16)/t7-/m1/s1. The van der Waals surface area contributed by atoms with E-state index in [2.05, 4.69) is 25.3 Å². The Morgan fingerprint density at radius 2 is 2.17 bits per heavy atom. The quantitative estimate of drug-likeness (QED) is 0.784. The van der Waals surface area contributed by atoms with E-state index < -0.39 is 6.04 Å². The fourth-order valence-corrected chi connectivity index (χ4v) is 1.65. The number of nitrogens with zero attached hydrogens (tertiary/aromatic N) is 3. The third-order valence-corrected chi connectivity index (χ3v) is 2.64. The fraction of sp³-hybridized carbons (Fsp3) is 0.455. The van der Waals surface area contributed by atoms with Gasteiger partial charge in [0.05, 0.1) is 13.4 Å². The van der Waals surface area contributed by atoms with E-state index >= 15 is 0 Å². The number of methoxy groups -OCH3 is 1. The number of esters is 1. The fourth-order valence-electron chi connectivity index (χ4n) is 1.65. The molecule has 7 heteroatoms. The van der Waals surface area contributed by atoms with E-state index in [-0.39, 0.29) is 11.9 Å². The summed E-state index contributed by atoms with van der Waals surface area (Å²) in [5.74, 6) is 0.295. The molecule has 0 aromatic carbocycles. The molecule has 0 fully saturated rings. The molecular formula is C11H15N5O2. The van der Waals surface area contributed by atoms with Crippen LogP contribution in [0.25, 0.3) is 11.2 Å². The Labute approximate surface area is 104 Å². The molecule has 18 heavy (non-hydrogen) atoms. The second kappa shape index (κ2) is 4.99. The van der Waals surface area contributed by atoms with Gasteiger partial charge in [0.25, 0.3) is 0 Å². The van der Waals surface area contributed by atoms with Gasteiger partial charge in [0, 0.05) is 0 Å². The van der Waals surface area contributed by atoms with Gasteiger partial charge in [0.15, 0.2) is 11.5 Å². The van der Waals surface area contributed by atoms with Crippen LogP contribution in [0.1, 0.15) is 13.8 Å². The molecule has 7 nitrogen and oxygen atoms in total. The number of ether oxygens (including phenoxy) is 1. The van der Waals surface area contributed by atoms with Crippen LogP contribution >= 0.6 is 0 Å². The van der Waals surface area contributed by atoms with Crippen LogP contribution in [0.3, 0.4) is 0 Å². The third kappa shape index (κ3) is 2.24. The highest BCUT2D eigenvalue weighted by Crippen LogP contribution is 2.18. The molecule has 2 heterocycles. The largest absolute Gasteiger partial charge is 0.467 e. The van der Waals surface area contributed by atoms with Gasteiger partial charge in [0.1, 0.15) is 17.9 Å². The minimum Gasteiger partial charge on any atom is -0.467 e. The monoisotopic (exact) mass is 249 g/mol. The first-order valence-electron chi connectivity index (χ1n) is 5.62. The molecule has 0 spiro atoms. The molecule has 0 aliphatic carbocycles. The van der Waals surface area contributed by atoms with Gasteiger partial charge in [-0.25, -0.2) is 19.7 Å². The van der Waals surface area contributed by atoms with Crippen molar-refractivity contribution in [3.63, 3.8) is 0 Å². The number of carbonyl (C=O) groups excluding carboxylic acids is 1. The van der Waals surface area contributed by atoms with Gasteiger partial charge in [-0.3, -0.25) is 0 Å². The highest BCUT2D eigenvalue weighted by atomic mass is 16.5. The van der Waals surface area contributed by atoms with E-state index in [1.165, 1.54) is 19.8 Å². The first kappa shape index (κ1) is 12.3. The smallest absolute Gasteiger partial charge is 0.328 e. The van der Waals surface area contributed by atoms with Crippen molar-refractivity contribution in [3.8, 4) is 0 Å². The summed E-state index contributed by atoms with van der Waals surface area (Å²) in [5.41, 5.74) is 1.23. The van der Waals surface area contributed by atoms with Gasteiger partial charge in [-0.05, 0) is 5.92 Å². The molecule has 2 rings (SSSR count). The minimum atomic E-state index is -0.462. The molecule has 0 amide bonds. The summed E-state index contributed by atoms with van der Waals surface area (Å²) in [6.07, 6.45) is 2.94. The molecule has 0 aliphatic rings. The number of rotatable bonds is 4. The van der Waals surface area contributed by atoms with Gasteiger partial charge in [-0.2, -0.15) is 0 Å². The SMILES string of the molecule is COC(=O)[C@H](Nc1ncnc2nc[nH]c12)C(C)C. The summed E-state index contributed by atoms with van der Waals surface area (Å²) in [5, 5.41) is 3.06. The Hall–Kier alpha value is -2.18. The van der Waals surface area contributed by atoms with Crippen LogP contribution in [-0.4, -0.2) is 39.1 Å². The predicted molar refractivity (Wildman–Crippen MR) is 65.9 cm³/mol. The summed E-state index contributed by atoms with van der Waals surface area (Å²) in [6.45, 7) is 3.86. The van der Waals surface area contributed by atoms with Gasteiger partial charge in [0.2, 0.25) is 0 Å². The molecule has 2 N–H and O–H groups in total. The summed E-state index contributed by atoms with van der Waals surface area (Å²) in [4.78, 5) is 26.8. The second-order valence-corrected chi connectivity index (χ2v) is 4.21. The molecule has 1 atom stereocenters. The number of hydrogen-bond acceptors (Lipinski definition) is 6. The first-order valence-corrected chi connectivity index (χ1v) is 5.62. The van der Waals surface area contributed by atoms with Crippen LogP contribution < -0.4 is 5.32 Å². The van der Waals surface area contributed by atoms with Crippen LogP contribution in [0.2, 0.25) is 0 Å². The molecule has 0 aliphatic heterocycles. The molecule has 0 saturated carbocycles. The number of fused-ring (bicyclic) bond motifs is 1. The van der Waals surface area contributed by atoms with Crippen LogP contribution in [0.15, 0.2) is 12.7 Å².